The second-order valence-corrected chi connectivity index (χ2v) is 12.1. The Hall–Kier alpha value is -4.50. The van der Waals surface area contributed by atoms with Gasteiger partial charge in [-0.1, -0.05) is 48.5 Å². The Balaban J connectivity index is 1.11. The predicted octanol–water partition coefficient (Wildman–Crippen LogP) is 6.75. The molecule has 3 aromatic heterocycles. The Bertz CT molecular complexity index is 1860. The van der Waals surface area contributed by atoms with E-state index in [4.69, 9.17) is 14.5 Å². The van der Waals surface area contributed by atoms with Crippen LogP contribution >= 0.6 is 11.3 Å². The molecule has 3 aromatic carbocycles. The van der Waals surface area contributed by atoms with Crippen molar-refractivity contribution in [3.8, 4) is 27.4 Å². The Labute approximate surface area is 260 Å². The van der Waals surface area contributed by atoms with Crippen molar-refractivity contribution in [2.24, 2.45) is 0 Å². The number of hydrogen-bond acceptors (Lipinski definition) is 6. The summed E-state index contributed by atoms with van der Waals surface area (Å²) in [4.78, 5) is 23.5. The second kappa shape index (κ2) is 12.6. The number of aromatic nitrogens is 2. The summed E-state index contributed by atoms with van der Waals surface area (Å²) < 4.78 is 14.7. The van der Waals surface area contributed by atoms with Gasteiger partial charge >= 0.3 is 0 Å². The lowest BCUT2D eigenvalue weighted by atomic mass is 10.1. The fourth-order valence-corrected chi connectivity index (χ4v) is 6.84. The molecule has 0 atom stereocenters. The van der Waals surface area contributed by atoms with Crippen LogP contribution in [0.4, 0.5) is 0 Å². The summed E-state index contributed by atoms with van der Waals surface area (Å²) in [5.74, 6) is 0.863. The normalized spacial score (nSPS) is 14.0. The quantitative estimate of drug-likeness (QED) is 0.183. The molecule has 6 aromatic rings. The number of hydrogen-bond donors (Lipinski definition) is 0. The molecule has 7 rings (SSSR count). The van der Waals surface area contributed by atoms with Crippen LogP contribution in [0.3, 0.4) is 0 Å². The SMILES string of the molecule is COc1ccc(-c2nc3ccc(-c4cc5ccccc5s4)cn3c2CN2CCN(C(=O)COCc3ccccc3)CC2)cc1. The number of amides is 1. The summed E-state index contributed by atoms with van der Waals surface area (Å²) in [6.45, 7) is 4.20. The van der Waals surface area contributed by atoms with Gasteiger partial charge in [0.2, 0.25) is 5.91 Å². The largest absolute Gasteiger partial charge is 0.497 e. The van der Waals surface area contributed by atoms with Gasteiger partial charge < -0.3 is 18.8 Å². The van der Waals surface area contributed by atoms with Crippen molar-refractivity contribution >= 4 is 33.0 Å². The third-order valence-electron chi connectivity index (χ3n) is 8.23. The van der Waals surface area contributed by atoms with Crippen LogP contribution in [-0.4, -0.2) is 65.0 Å². The first kappa shape index (κ1) is 28.3. The zero-order valence-electron chi connectivity index (χ0n) is 24.7. The van der Waals surface area contributed by atoms with Gasteiger partial charge in [-0.3, -0.25) is 9.69 Å². The number of carbonyl (C=O) groups excluding carboxylic acids is 1. The Kier molecular flexibility index (Phi) is 8.11. The van der Waals surface area contributed by atoms with Crippen LogP contribution in [0.2, 0.25) is 0 Å². The number of piperazine rings is 1. The maximum absolute atomic E-state index is 12.9. The number of carbonyl (C=O) groups is 1. The summed E-state index contributed by atoms with van der Waals surface area (Å²) >= 11 is 1.81. The van der Waals surface area contributed by atoms with Gasteiger partial charge in [0.15, 0.2) is 0 Å². The lowest BCUT2D eigenvalue weighted by Crippen LogP contribution is -2.49. The Morgan fingerprint density at radius 2 is 1.61 bits per heavy atom. The molecule has 0 saturated carbocycles. The number of thiophene rings is 1. The number of benzene rings is 3. The number of fused-ring (bicyclic) bond motifs is 2. The topological polar surface area (TPSA) is 59.3 Å². The fraction of sp³-hybridized carbons (Fsp3) is 0.222. The molecule has 4 heterocycles. The molecule has 0 N–H and O–H groups in total. The first-order valence-corrected chi connectivity index (χ1v) is 15.7. The molecular formula is C36H34N4O3S. The lowest BCUT2D eigenvalue weighted by Gasteiger charge is -2.34. The van der Waals surface area contributed by atoms with Crippen LogP contribution in [0.5, 0.6) is 5.75 Å². The first-order chi connectivity index (χ1) is 21.6. The number of rotatable bonds is 9. The van der Waals surface area contributed by atoms with Gasteiger partial charge in [-0.15, -0.1) is 11.3 Å². The molecule has 7 nitrogen and oxygen atoms in total. The van der Waals surface area contributed by atoms with Crippen LogP contribution in [0.15, 0.2) is 103 Å². The average molecular weight is 603 g/mol. The summed E-state index contributed by atoms with van der Waals surface area (Å²) in [5, 5.41) is 1.26. The van der Waals surface area contributed by atoms with Gasteiger partial charge in [0, 0.05) is 59.6 Å². The van der Waals surface area contributed by atoms with E-state index in [0.29, 0.717) is 19.7 Å². The van der Waals surface area contributed by atoms with Crippen molar-refractivity contribution in [3.05, 3.63) is 115 Å². The first-order valence-electron chi connectivity index (χ1n) is 14.9. The van der Waals surface area contributed by atoms with E-state index >= 15 is 0 Å². The van der Waals surface area contributed by atoms with Crippen LogP contribution in [-0.2, 0) is 22.7 Å². The van der Waals surface area contributed by atoms with Gasteiger partial charge in [0.25, 0.3) is 0 Å². The van der Waals surface area contributed by atoms with Crippen molar-refractivity contribution in [2.75, 3.05) is 39.9 Å². The number of nitrogens with zero attached hydrogens (tertiary/aromatic N) is 4. The molecule has 0 radical (unpaired) electrons. The minimum absolute atomic E-state index is 0.0438. The molecule has 1 saturated heterocycles. The highest BCUT2D eigenvalue weighted by Gasteiger charge is 2.24. The van der Waals surface area contributed by atoms with E-state index in [0.717, 1.165) is 53.5 Å². The van der Waals surface area contributed by atoms with Crippen LogP contribution in [0, 0.1) is 0 Å². The van der Waals surface area contributed by atoms with E-state index in [9.17, 15) is 4.79 Å². The standard InChI is InChI=1S/C36H34N4O3S/c1-42-30-14-11-27(12-15-30)36-31(23-38-17-19-39(20-18-38)35(41)25-43-24-26-7-3-2-4-8-26)40-22-29(13-16-34(40)37-36)33-21-28-9-5-6-10-32(28)44-33/h2-16,21-22H,17-20,23-25H2,1H3. The van der Waals surface area contributed by atoms with Crippen LogP contribution < -0.4 is 4.74 Å². The van der Waals surface area contributed by atoms with E-state index in [2.05, 4.69) is 70.1 Å². The molecule has 0 unspecified atom stereocenters. The highest BCUT2D eigenvalue weighted by Crippen LogP contribution is 2.35. The van der Waals surface area contributed by atoms with Crippen molar-refractivity contribution in [3.63, 3.8) is 0 Å². The lowest BCUT2D eigenvalue weighted by molar-refractivity contribution is -0.138. The summed E-state index contributed by atoms with van der Waals surface area (Å²) in [5.41, 5.74) is 6.32. The maximum atomic E-state index is 12.9. The number of imidazole rings is 1. The van der Waals surface area contributed by atoms with E-state index in [1.807, 2.05) is 58.7 Å². The van der Waals surface area contributed by atoms with E-state index in [-0.39, 0.29) is 12.5 Å². The Morgan fingerprint density at radius 1 is 0.864 bits per heavy atom. The number of pyridine rings is 1. The van der Waals surface area contributed by atoms with Crippen molar-refractivity contribution in [2.45, 2.75) is 13.2 Å². The fourth-order valence-electron chi connectivity index (χ4n) is 5.78. The van der Waals surface area contributed by atoms with Crippen molar-refractivity contribution < 1.29 is 14.3 Å². The zero-order chi connectivity index (χ0) is 29.9. The summed E-state index contributed by atoms with van der Waals surface area (Å²) in [6, 6.07) is 33.1. The molecule has 222 valence electrons. The highest BCUT2D eigenvalue weighted by atomic mass is 32.1. The second-order valence-electron chi connectivity index (χ2n) is 11.1. The summed E-state index contributed by atoms with van der Waals surface area (Å²) in [6.07, 6.45) is 2.22. The molecule has 0 bridgehead atoms. The monoisotopic (exact) mass is 602 g/mol. The Morgan fingerprint density at radius 3 is 2.39 bits per heavy atom. The molecule has 44 heavy (non-hydrogen) atoms. The molecule has 1 amide bonds. The maximum Gasteiger partial charge on any atom is 0.248 e. The van der Waals surface area contributed by atoms with Crippen LogP contribution in [0.1, 0.15) is 11.3 Å². The van der Waals surface area contributed by atoms with Gasteiger partial charge in [0.1, 0.15) is 18.0 Å². The minimum atomic E-state index is 0.0438. The van der Waals surface area contributed by atoms with Gasteiger partial charge in [-0.2, -0.15) is 0 Å². The molecule has 0 aliphatic carbocycles. The zero-order valence-corrected chi connectivity index (χ0v) is 25.5. The van der Waals surface area contributed by atoms with E-state index < -0.39 is 0 Å². The van der Waals surface area contributed by atoms with Crippen molar-refractivity contribution in [1.82, 2.24) is 19.2 Å². The smallest absolute Gasteiger partial charge is 0.248 e. The van der Waals surface area contributed by atoms with Crippen LogP contribution in [0.25, 0.3) is 37.4 Å². The predicted molar refractivity (Wildman–Crippen MR) is 176 cm³/mol. The molecular weight excluding hydrogens is 568 g/mol. The minimum Gasteiger partial charge on any atom is -0.497 e. The molecule has 1 aliphatic heterocycles. The van der Waals surface area contributed by atoms with Gasteiger partial charge in [0.05, 0.1) is 25.1 Å². The van der Waals surface area contributed by atoms with E-state index in [1.54, 1.807) is 7.11 Å². The molecule has 0 spiro atoms. The van der Waals surface area contributed by atoms with Gasteiger partial charge in [-0.05, 0) is 59.5 Å². The summed E-state index contributed by atoms with van der Waals surface area (Å²) in [7, 11) is 1.68. The number of ether oxygens (including phenoxy) is 2. The van der Waals surface area contributed by atoms with Gasteiger partial charge in [-0.25, -0.2) is 4.98 Å². The molecule has 8 heteroatoms. The molecule has 1 fully saturated rings. The number of methoxy groups -OCH3 is 1. The van der Waals surface area contributed by atoms with E-state index in [1.165, 1.54) is 20.5 Å². The van der Waals surface area contributed by atoms with Crippen molar-refractivity contribution in [1.29, 1.82) is 0 Å². The average Bonchev–Trinajstić information content (AvgIpc) is 3.67. The highest BCUT2D eigenvalue weighted by molar-refractivity contribution is 7.22. The third-order valence-corrected chi connectivity index (χ3v) is 9.39. The third kappa shape index (κ3) is 5.97. The molecule has 1 aliphatic rings.